The molecule has 2 aliphatic rings. The zero-order valence-electron chi connectivity index (χ0n) is 16.3. The molecule has 0 aliphatic heterocycles. The van der Waals surface area contributed by atoms with Crippen molar-refractivity contribution in [3.8, 4) is 17.2 Å². The molecule has 0 spiro atoms. The van der Waals surface area contributed by atoms with E-state index < -0.39 is 6.10 Å². The molecule has 3 rings (SSSR count). The van der Waals surface area contributed by atoms with E-state index in [0.29, 0.717) is 35.1 Å². The fourth-order valence-corrected chi connectivity index (χ4v) is 3.90. The monoisotopic (exact) mass is 405 g/mol. The summed E-state index contributed by atoms with van der Waals surface area (Å²) in [5.41, 5.74) is 3.45. The number of carbonyl (C=O) groups is 1. The molecule has 0 bridgehead atoms. The molecule has 7 heteroatoms. The predicted molar refractivity (Wildman–Crippen MR) is 108 cm³/mol. The van der Waals surface area contributed by atoms with Crippen molar-refractivity contribution in [2.75, 3.05) is 21.3 Å². The van der Waals surface area contributed by atoms with Gasteiger partial charge in [-0.1, -0.05) is 17.7 Å². The average molecular weight is 406 g/mol. The van der Waals surface area contributed by atoms with Gasteiger partial charge in [0.15, 0.2) is 11.5 Å². The number of amides is 1. The third-order valence-electron chi connectivity index (χ3n) is 4.98. The minimum Gasteiger partial charge on any atom is -0.493 e. The minimum absolute atomic E-state index is 0.142. The third-order valence-corrected chi connectivity index (χ3v) is 5.33. The van der Waals surface area contributed by atoms with Crippen molar-refractivity contribution in [3.63, 3.8) is 0 Å². The Morgan fingerprint density at radius 1 is 1.18 bits per heavy atom. The van der Waals surface area contributed by atoms with Gasteiger partial charge in [0.05, 0.1) is 32.4 Å². The molecule has 2 N–H and O–H groups in total. The first-order chi connectivity index (χ1) is 13.4. The molecule has 1 amide bonds. The maximum Gasteiger partial charge on any atom is 0.217 e. The van der Waals surface area contributed by atoms with Gasteiger partial charge < -0.3 is 24.6 Å². The number of hydrogen-bond donors (Lipinski definition) is 2. The Hall–Kier alpha value is -2.44. The number of halogens is 1. The van der Waals surface area contributed by atoms with Gasteiger partial charge >= 0.3 is 0 Å². The van der Waals surface area contributed by atoms with Crippen molar-refractivity contribution >= 4 is 23.1 Å². The summed E-state index contributed by atoms with van der Waals surface area (Å²) in [6.45, 7) is 1.48. The number of methoxy groups -OCH3 is 3. The standard InChI is InChI=1S/C21H24ClNO5/c1-11(24)23-16-8-5-12-9-18(26-2)20(27-3)21(28-4)19(12)13-6-7-15(22)17(25)10-14(13)16/h6-7,9-10,16-17,25H,5,8H2,1-4H3,(H,23,24)/t16-,17?/m0/s1. The molecule has 2 atom stereocenters. The second-order valence-electron chi connectivity index (χ2n) is 6.67. The molecular weight excluding hydrogens is 382 g/mol. The van der Waals surface area contributed by atoms with Crippen molar-refractivity contribution in [1.29, 1.82) is 0 Å². The molecule has 6 nitrogen and oxygen atoms in total. The molecule has 0 saturated heterocycles. The van der Waals surface area contributed by atoms with Gasteiger partial charge in [0, 0.05) is 12.5 Å². The van der Waals surface area contributed by atoms with E-state index in [0.717, 1.165) is 22.3 Å². The van der Waals surface area contributed by atoms with Gasteiger partial charge in [0.1, 0.15) is 6.10 Å². The van der Waals surface area contributed by atoms with Crippen molar-refractivity contribution in [1.82, 2.24) is 5.32 Å². The van der Waals surface area contributed by atoms with Gasteiger partial charge in [0.2, 0.25) is 11.7 Å². The van der Waals surface area contributed by atoms with Crippen LogP contribution in [0.15, 0.2) is 34.9 Å². The van der Waals surface area contributed by atoms with Gasteiger partial charge in [-0.3, -0.25) is 4.79 Å². The summed E-state index contributed by atoms with van der Waals surface area (Å²) in [5.74, 6) is 1.46. The molecule has 1 aromatic rings. The van der Waals surface area contributed by atoms with Crippen molar-refractivity contribution in [2.24, 2.45) is 0 Å². The van der Waals surface area contributed by atoms with E-state index >= 15 is 0 Å². The van der Waals surface area contributed by atoms with E-state index in [1.165, 1.54) is 6.92 Å². The fourth-order valence-electron chi connectivity index (χ4n) is 3.78. The van der Waals surface area contributed by atoms with Crippen LogP contribution in [0.5, 0.6) is 17.2 Å². The van der Waals surface area contributed by atoms with Crippen LogP contribution in [0.2, 0.25) is 0 Å². The number of ether oxygens (including phenoxy) is 3. The summed E-state index contributed by atoms with van der Waals surface area (Å²) in [6.07, 6.45) is 5.58. The number of nitrogens with one attached hydrogen (secondary N) is 1. The van der Waals surface area contributed by atoms with Crippen LogP contribution in [-0.4, -0.2) is 44.5 Å². The van der Waals surface area contributed by atoms with Crippen molar-refractivity contribution in [2.45, 2.75) is 31.9 Å². The average Bonchev–Trinajstić information content (AvgIpc) is 2.90. The number of allylic oxidation sites excluding steroid dienone is 2. The molecule has 0 saturated carbocycles. The van der Waals surface area contributed by atoms with Crippen LogP contribution in [0.25, 0.3) is 5.57 Å². The molecule has 0 fully saturated rings. The second kappa shape index (κ2) is 8.29. The lowest BCUT2D eigenvalue weighted by atomic mass is 9.91. The SMILES string of the molecule is COc1cc2c(c(OC)c1OC)C1=CC=C(Cl)C(O)C=C1[C@@H](NC(C)=O)CC2. The van der Waals surface area contributed by atoms with Gasteiger partial charge in [-0.2, -0.15) is 0 Å². The van der Waals surface area contributed by atoms with Crippen LogP contribution in [0.4, 0.5) is 0 Å². The second-order valence-corrected chi connectivity index (χ2v) is 7.11. The fraction of sp³-hybridized carbons (Fsp3) is 0.381. The Morgan fingerprint density at radius 3 is 2.50 bits per heavy atom. The van der Waals surface area contributed by atoms with Crippen LogP contribution < -0.4 is 19.5 Å². The molecular formula is C21H24ClNO5. The first-order valence-corrected chi connectivity index (χ1v) is 9.35. The predicted octanol–water partition coefficient (Wildman–Crippen LogP) is 2.97. The molecule has 150 valence electrons. The summed E-state index contributed by atoms with van der Waals surface area (Å²) >= 11 is 6.20. The lowest BCUT2D eigenvalue weighted by Gasteiger charge is -2.23. The van der Waals surface area contributed by atoms with Gasteiger partial charge in [-0.15, -0.1) is 0 Å². The molecule has 2 aliphatic carbocycles. The number of benzene rings is 1. The van der Waals surface area contributed by atoms with Crippen molar-refractivity contribution in [3.05, 3.63) is 46.0 Å². The Morgan fingerprint density at radius 2 is 1.89 bits per heavy atom. The lowest BCUT2D eigenvalue weighted by Crippen LogP contribution is -2.35. The Bertz CT molecular complexity index is 887. The van der Waals surface area contributed by atoms with E-state index in [2.05, 4.69) is 5.32 Å². The van der Waals surface area contributed by atoms with Gasteiger partial charge in [0.25, 0.3) is 0 Å². The van der Waals surface area contributed by atoms with E-state index in [9.17, 15) is 9.90 Å². The number of rotatable bonds is 4. The van der Waals surface area contributed by atoms with Crippen LogP contribution in [0.3, 0.4) is 0 Å². The topological polar surface area (TPSA) is 77.0 Å². The molecule has 28 heavy (non-hydrogen) atoms. The maximum absolute atomic E-state index is 11.8. The number of hydrogen-bond acceptors (Lipinski definition) is 5. The highest BCUT2D eigenvalue weighted by atomic mass is 35.5. The smallest absolute Gasteiger partial charge is 0.217 e. The number of aliphatic hydroxyl groups excluding tert-OH is 1. The summed E-state index contributed by atoms with van der Waals surface area (Å²) in [7, 11) is 4.71. The first kappa shape index (κ1) is 20.3. The van der Waals surface area contributed by atoms with E-state index in [4.69, 9.17) is 25.8 Å². The summed E-state index contributed by atoms with van der Waals surface area (Å²) in [4.78, 5) is 11.8. The highest BCUT2D eigenvalue weighted by Gasteiger charge is 2.32. The molecule has 0 aromatic heterocycles. The lowest BCUT2D eigenvalue weighted by molar-refractivity contribution is -0.119. The quantitative estimate of drug-likeness (QED) is 0.805. The number of aryl methyl sites for hydroxylation is 1. The Labute approximate surface area is 169 Å². The van der Waals surface area contributed by atoms with Crippen LogP contribution in [0, 0.1) is 0 Å². The highest BCUT2D eigenvalue weighted by Crippen LogP contribution is 2.49. The zero-order valence-corrected chi connectivity index (χ0v) is 17.1. The van der Waals surface area contributed by atoms with Crippen LogP contribution in [0.1, 0.15) is 24.5 Å². The molecule has 1 aromatic carbocycles. The van der Waals surface area contributed by atoms with E-state index in [1.54, 1.807) is 33.5 Å². The Kier molecular flexibility index (Phi) is 6.01. The molecule has 0 heterocycles. The summed E-state index contributed by atoms with van der Waals surface area (Å²) in [6, 6.07) is 1.65. The summed E-state index contributed by atoms with van der Waals surface area (Å²) < 4.78 is 16.8. The summed E-state index contributed by atoms with van der Waals surface area (Å²) in [5, 5.41) is 13.7. The third kappa shape index (κ3) is 3.62. The van der Waals surface area contributed by atoms with E-state index in [-0.39, 0.29) is 11.9 Å². The van der Waals surface area contributed by atoms with Crippen molar-refractivity contribution < 1.29 is 24.1 Å². The first-order valence-electron chi connectivity index (χ1n) is 8.98. The van der Waals surface area contributed by atoms with Crippen LogP contribution >= 0.6 is 11.6 Å². The molecule has 1 unspecified atom stereocenters. The largest absolute Gasteiger partial charge is 0.493 e. The number of fused-ring (bicyclic) bond motifs is 3. The van der Waals surface area contributed by atoms with Crippen LogP contribution in [-0.2, 0) is 11.2 Å². The van der Waals surface area contributed by atoms with E-state index in [1.807, 2.05) is 12.1 Å². The van der Waals surface area contributed by atoms with Gasteiger partial charge in [-0.05, 0) is 47.8 Å². The molecule has 0 radical (unpaired) electrons. The maximum atomic E-state index is 11.8. The zero-order chi connectivity index (χ0) is 20.4. The number of aliphatic hydroxyl groups is 1. The minimum atomic E-state index is -0.950. The number of carbonyl (C=O) groups excluding carboxylic acids is 1. The normalized spacial score (nSPS) is 21.0. The Balaban J connectivity index is 2.30. The highest BCUT2D eigenvalue weighted by molar-refractivity contribution is 6.30. The van der Waals surface area contributed by atoms with Gasteiger partial charge in [-0.25, -0.2) is 0 Å².